The number of aryl methyl sites for hydroxylation is 1. The van der Waals surface area contributed by atoms with E-state index in [-0.39, 0.29) is 18.4 Å². The highest BCUT2D eigenvalue weighted by atomic mass is 35.5. The maximum Gasteiger partial charge on any atom is 0.245 e. The fourth-order valence-electron chi connectivity index (χ4n) is 2.79. The lowest BCUT2D eigenvalue weighted by Gasteiger charge is -2.22. The van der Waals surface area contributed by atoms with Crippen molar-refractivity contribution in [3.63, 3.8) is 0 Å². The van der Waals surface area contributed by atoms with Crippen molar-refractivity contribution in [1.82, 2.24) is 19.5 Å². The van der Waals surface area contributed by atoms with Crippen LogP contribution in [0.3, 0.4) is 0 Å². The molecule has 24 heavy (non-hydrogen) atoms. The summed E-state index contributed by atoms with van der Waals surface area (Å²) in [7, 11) is 1.56. The summed E-state index contributed by atoms with van der Waals surface area (Å²) in [5.74, 6) is 0.446. The summed E-state index contributed by atoms with van der Waals surface area (Å²) in [5, 5.41) is 10.2. The number of imidazole rings is 1. The van der Waals surface area contributed by atoms with Gasteiger partial charge in [-0.3, -0.25) is 0 Å². The van der Waals surface area contributed by atoms with Crippen LogP contribution in [0.1, 0.15) is 24.9 Å². The minimum absolute atomic E-state index is 0. The number of aliphatic hydroxyl groups excluding tert-OH is 1. The smallest absolute Gasteiger partial charge is 0.245 e. The Morgan fingerprint density at radius 3 is 2.58 bits per heavy atom. The normalized spacial score (nSPS) is 13.3. The molecule has 128 valence electrons. The number of hydrogen-bond donors (Lipinski definition) is 1. The van der Waals surface area contributed by atoms with Gasteiger partial charge in [0.1, 0.15) is 6.33 Å². The summed E-state index contributed by atoms with van der Waals surface area (Å²) < 4.78 is 7.13. The number of halogens is 1. The van der Waals surface area contributed by atoms with Crippen molar-refractivity contribution < 1.29 is 9.84 Å². The van der Waals surface area contributed by atoms with E-state index in [0.717, 1.165) is 12.8 Å². The van der Waals surface area contributed by atoms with Gasteiger partial charge in [0.25, 0.3) is 0 Å². The Hall–Kier alpha value is -2.18. The van der Waals surface area contributed by atoms with Crippen LogP contribution in [-0.4, -0.2) is 37.8 Å². The van der Waals surface area contributed by atoms with Gasteiger partial charge in [0.15, 0.2) is 11.2 Å². The molecule has 2 heterocycles. The number of methoxy groups -OCH3 is 1. The number of fused-ring (bicyclic) bond motifs is 1. The molecule has 0 aliphatic rings. The molecular formula is C17H21ClN4O2. The Kier molecular flexibility index (Phi) is 6.11. The largest absolute Gasteiger partial charge is 0.479 e. The molecule has 0 bridgehead atoms. The third-order valence-electron chi connectivity index (χ3n) is 4.00. The molecule has 1 N–H and O–H groups in total. The van der Waals surface area contributed by atoms with Crippen LogP contribution in [0.15, 0.2) is 43.0 Å². The van der Waals surface area contributed by atoms with Crippen molar-refractivity contribution in [2.24, 2.45) is 0 Å². The summed E-state index contributed by atoms with van der Waals surface area (Å²) in [4.78, 5) is 12.7. The van der Waals surface area contributed by atoms with E-state index in [2.05, 4.69) is 27.1 Å². The minimum Gasteiger partial charge on any atom is -0.479 e. The summed E-state index contributed by atoms with van der Waals surface area (Å²) in [5.41, 5.74) is 2.53. The lowest BCUT2D eigenvalue weighted by molar-refractivity contribution is 0.126. The highest BCUT2D eigenvalue weighted by Crippen LogP contribution is 2.26. The monoisotopic (exact) mass is 348 g/mol. The molecule has 0 unspecified atom stereocenters. The molecule has 0 radical (unpaired) electrons. The van der Waals surface area contributed by atoms with E-state index in [0.29, 0.717) is 17.0 Å². The van der Waals surface area contributed by atoms with Gasteiger partial charge >= 0.3 is 0 Å². The van der Waals surface area contributed by atoms with E-state index in [1.54, 1.807) is 20.4 Å². The number of benzene rings is 1. The third kappa shape index (κ3) is 3.66. The van der Waals surface area contributed by atoms with E-state index < -0.39 is 6.10 Å². The zero-order valence-electron chi connectivity index (χ0n) is 13.7. The zero-order chi connectivity index (χ0) is 16.2. The number of aliphatic hydroxyl groups is 1. The topological polar surface area (TPSA) is 73.1 Å². The first-order chi connectivity index (χ1) is 11.2. The summed E-state index contributed by atoms with van der Waals surface area (Å²) >= 11 is 0. The molecule has 1 aromatic carbocycles. The predicted molar refractivity (Wildman–Crippen MR) is 94.6 cm³/mol. The lowest BCUT2D eigenvalue weighted by atomic mass is 10.0. The fourth-order valence-corrected chi connectivity index (χ4v) is 2.79. The maximum absolute atomic E-state index is 10.2. The average molecular weight is 349 g/mol. The molecular weight excluding hydrogens is 328 g/mol. The highest BCUT2D eigenvalue weighted by molar-refractivity contribution is 5.85. The third-order valence-corrected chi connectivity index (χ3v) is 4.00. The Labute approximate surface area is 146 Å². The molecule has 0 amide bonds. The van der Waals surface area contributed by atoms with E-state index in [9.17, 15) is 5.11 Å². The predicted octanol–water partition coefficient (Wildman–Crippen LogP) is 2.81. The lowest BCUT2D eigenvalue weighted by Crippen LogP contribution is -2.22. The number of rotatable bonds is 6. The van der Waals surface area contributed by atoms with Crippen LogP contribution >= 0.6 is 12.4 Å². The van der Waals surface area contributed by atoms with Crippen molar-refractivity contribution >= 4 is 23.6 Å². The Balaban J connectivity index is 0.00000208. The van der Waals surface area contributed by atoms with Crippen LogP contribution in [0.25, 0.3) is 11.2 Å². The highest BCUT2D eigenvalue weighted by Gasteiger charge is 2.21. The molecule has 0 fully saturated rings. The first kappa shape index (κ1) is 18.2. The van der Waals surface area contributed by atoms with E-state index >= 15 is 0 Å². The van der Waals surface area contributed by atoms with Crippen molar-refractivity contribution in [2.75, 3.05) is 7.11 Å². The number of hydrogen-bond acceptors (Lipinski definition) is 5. The van der Waals surface area contributed by atoms with Crippen LogP contribution in [0.5, 0.6) is 5.88 Å². The van der Waals surface area contributed by atoms with Crippen molar-refractivity contribution in [1.29, 1.82) is 0 Å². The first-order valence-electron chi connectivity index (χ1n) is 7.64. The summed E-state index contributed by atoms with van der Waals surface area (Å²) in [6, 6.07) is 10.1. The second kappa shape index (κ2) is 8.08. The Morgan fingerprint density at radius 1 is 1.17 bits per heavy atom. The molecule has 3 rings (SSSR count). The Bertz CT molecular complexity index is 777. The molecule has 0 aliphatic carbocycles. The average Bonchev–Trinajstić information content (AvgIpc) is 3.00. The van der Waals surface area contributed by atoms with Gasteiger partial charge in [-0.2, -0.15) is 4.98 Å². The van der Waals surface area contributed by atoms with Gasteiger partial charge in [0.05, 0.1) is 25.6 Å². The van der Waals surface area contributed by atoms with Crippen molar-refractivity contribution in [3.05, 3.63) is 48.5 Å². The van der Waals surface area contributed by atoms with Crippen LogP contribution in [0.4, 0.5) is 0 Å². The van der Waals surface area contributed by atoms with Crippen LogP contribution in [-0.2, 0) is 6.42 Å². The molecule has 0 spiro atoms. The van der Waals surface area contributed by atoms with Crippen molar-refractivity contribution in [2.45, 2.75) is 31.9 Å². The molecule has 0 saturated carbocycles. The van der Waals surface area contributed by atoms with E-state index in [1.165, 1.54) is 11.9 Å². The molecule has 7 heteroatoms. The minimum atomic E-state index is -0.517. The number of ether oxygens (including phenoxy) is 1. The number of nitrogens with zero attached hydrogens (tertiary/aromatic N) is 4. The van der Waals surface area contributed by atoms with Gasteiger partial charge in [-0.05, 0) is 25.3 Å². The van der Waals surface area contributed by atoms with Crippen LogP contribution < -0.4 is 4.74 Å². The Morgan fingerprint density at radius 2 is 1.92 bits per heavy atom. The summed E-state index contributed by atoms with van der Waals surface area (Å²) in [6.07, 6.45) is 4.30. The first-order valence-corrected chi connectivity index (χ1v) is 7.64. The van der Waals surface area contributed by atoms with E-state index in [4.69, 9.17) is 4.74 Å². The quantitative estimate of drug-likeness (QED) is 0.741. The van der Waals surface area contributed by atoms with Gasteiger partial charge < -0.3 is 14.4 Å². The molecule has 0 saturated heterocycles. The molecule has 6 nitrogen and oxygen atoms in total. The summed E-state index contributed by atoms with van der Waals surface area (Å²) in [6.45, 7) is 1.79. The molecule has 2 atom stereocenters. The fraction of sp³-hybridized carbons (Fsp3) is 0.353. The SMILES string of the molecule is COc1ncnc2c1ncn2[C@H](CCc1ccccc1)[C@H](C)O.Cl. The zero-order valence-corrected chi connectivity index (χ0v) is 14.5. The van der Waals surface area contributed by atoms with Gasteiger partial charge in [0.2, 0.25) is 5.88 Å². The second-order valence-electron chi connectivity index (χ2n) is 5.54. The maximum atomic E-state index is 10.2. The van der Waals surface area contributed by atoms with Gasteiger partial charge in [-0.15, -0.1) is 12.4 Å². The van der Waals surface area contributed by atoms with Gasteiger partial charge in [-0.1, -0.05) is 30.3 Å². The van der Waals surface area contributed by atoms with Gasteiger partial charge in [-0.25, -0.2) is 9.97 Å². The van der Waals surface area contributed by atoms with Gasteiger partial charge in [0, 0.05) is 0 Å². The molecule has 0 aliphatic heterocycles. The van der Waals surface area contributed by atoms with Crippen LogP contribution in [0, 0.1) is 0 Å². The van der Waals surface area contributed by atoms with E-state index in [1.807, 2.05) is 22.8 Å². The molecule has 3 aromatic rings. The van der Waals surface area contributed by atoms with Crippen molar-refractivity contribution in [3.8, 4) is 5.88 Å². The molecule has 2 aromatic heterocycles. The second-order valence-corrected chi connectivity index (χ2v) is 5.54. The standard InChI is InChI=1S/C17H20N4O2.ClH/c1-12(22)14(9-8-13-6-4-3-5-7-13)21-11-20-15-16(21)18-10-19-17(15)23-2;/h3-7,10-12,14,22H,8-9H2,1-2H3;1H/t12-,14+;/m0./s1. The van der Waals surface area contributed by atoms with Crippen LogP contribution in [0.2, 0.25) is 0 Å². The number of aromatic nitrogens is 4.